The van der Waals surface area contributed by atoms with Gasteiger partial charge in [0.05, 0.1) is 6.21 Å². The van der Waals surface area contributed by atoms with Crippen molar-refractivity contribution in [1.82, 2.24) is 9.99 Å². The average molecular weight is 450 g/mol. The Hall–Kier alpha value is -3.25. The maximum Gasteiger partial charge on any atom is 0.271 e. The zero-order valence-electron chi connectivity index (χ0n) is 15.3. The zero-order chi connectivity index (χ0) is 20.2. The molecule has 4 nitrogen and oxygen atoms in total. The van der Waals surface area contributed by atoms with E-state index >= 15 is 0 Å². The first-order valence-corrected chi connectivity index (χ1v) is 9.80. The van der Waals surface area contributed by atoms with Crippen molar-refractivity contribution >= 4 is 39.0 Å². The van der Waals surface area contributed by atoms with Crippen molar-refractivity contribution in [3.63, 3.8) is 0 Å². The summed E-state index contributed by atoms with van der Waals surface area (Å²) in [6.45, 7) is 0.595. The van der Waals surface area contributed by atoms with Gasteiger partial charge in [-0.15, -0.1) is 0 Å². The second kappa shape index (κ2) is 8.41. The lowest BCUT2D eigenvalue weighted by Gasteiger charge is -2.06. The normalized spacial score (nSPS) is 11.2. The molecule has 1 amide bonds. The summed E-state index contributed by atoms with van der Waals surface area (Å²) in [5.74, 6) is -0.507. The Kier molecular flexibility index (Phi) is 5.53. The number of fused-ring (bicyclic) bond motifs is 1. The van der Waals surface area contributed by atoms with Gasteiger partial charge in [0.1, 0.15) is 5.82 Å². The fourth-order valence-electron chi connectivity index (χ4n) is 3.13. The van der Waals surface area contributed by atoms with E-state index in [9.17, 15) is 9.18 Å². The molecule has 0 saturated heterocycles. The molecule has 0 spiro atoms. The molecule has 1 N–H and O–H groups in total. The Morgan fingerprint density at radius 1 is 1.07 bits per heavy atom. The molecule has 4 rings (SSSR count). The zero-order valence-corrected chi connectivity index (χ0v) is 16.9. The second-order valence-electron chi connectivity index (χ2n) is 6.60. The van der Waals surface area contributed by atoms with Crippen LogP contribution in [0.3, 0.4) is 0 Å². The van der Waals surface area contributed by atoms with E-state index in [4.69, 9.17) is 0 Å². The van der Waals surface area contributed by atoms with Crippen molar-refractivity contribution < 1.29 is 9.18 Å². The van der Waals surface area contributed by atoms with Gasteiger partial charge in [0.15, 0.2) is 0 Å². The van der Waals surface area contributed by atoms with E-state index < -0.39 is 0 Å². The van der Waals surface area contributed by atoms with Crippen molar-refractivity contribution in [2.24, 2.45) is 5.10 Å². The van der Waals surface area contributed by atoms with Crippen molar-refractivity contribution in [2.45, 2.75) is 6.54 Å². The van der Waals surface area contributed by atoms with Crippen LogP contribution in [0, 0.1) is 5.82 Å². The van der Waals surface area contributed by atoms with Crippen LogP contribution in [0.2, 0.25) is 0 Å². The number of carbonyl (C=O) groups is 1. The Bertz CT molecular complexity index is 1220. The van der Waals surface area contributed by atoms with Crippen LogP contribution in [-0.4, -0.2) is 16.7 Å². The van der Waals surface area contributed by atoms with Crippen molar-refractivity contribution in [1.29, 1.82) is 0 Å². The highest BCUT2D eigenvalue weighted by molar-refractivity contribution is 9.10. The molecule has 29 heavy (non-hydrogen) atoms. The van der Waals surface area contributed by atoms with Crippen LogP contribution in [0.15, 0.2) is 88.6 Å². The van der Waals surface area contributed by atoms with Gasteiger partial charge >= 0.3 is 0 Å². The van der Waals surface area contributed by atoms with E-state index in [1.54, 1.807) is 36.5 Å². The number of hydrogen-bond donors (Lipinski definition) is 1. The predicted octanol–water partition coefficient (Wildman–Crippen LogP) is 5.36. The maximum absolute atomic E-state index is 13.4. The largest absolute Gasteiger partial charge is 0.343 e. The molecule has 3 aromatic carbocycles. The molecule has 0 aliphatic carbocycles. The van der Waals surface area contributed by atoms with Crippen LogP contribution < -0.4 is 5.43 Å². The van der Waals surface area contributed by atoms with E-state index in [-0.39, 0.29) is 11.7 Å². The summed E-state index contributed by atoms with van der Waals surface area (Å²) >= 11 is 3.35. The van der Waals surface area contributed by atoms with E-state index in [1.807, 2.05) is 42.6 Å². The summed E-state index contributed by atoms with van der Waals surface area (Å²) in [4.78, 5) is 12.1. The van der Waals surface area contributed by atoms with E-state index in [1.165, 1.54) is 6.07 Å². The monoisotopic (exact) mass is 449 g/mol. The van der Waals surface area contributed by atoms with Crippen molar-refractivity contribution in [2.75, 3.05) is 0 Å². The average Bonchev–Trinajstić information content (AvgIpc) is 3.10. The number of hydrazone groups is 1. The maximum atomic E-state index is 13.4. The fraction of sp³-hybridized carbons (Fsp3) is 0.0435. The SMILES string of the molecule is O=C(N/N=C/c1ccc2c(ccn2Cc2cccc(F)c2)c1)c1cccc(Br)c1. The Morgan fingerprint density at radius 3 is 2.76 bits per heavy atom. The number of nitrogens with one attached hydrogen (secondary N) is 1. The number of hydrogen-bond acceptors (Lipinski definition) is 2. The molecular formula is C23H17BrFN3O. The summed E-state index contributed by atoms with van der Waals surface area (Å²) in [7, 11) is 0. The second-order valence-corrected chi connectivity index (χ2v) is 7.52. The molecule has 0 aliphatic heterocycles. The molecule has 0 aliphatic rings. The van der Waals surface area contributed by atoms with Crippen LogP contribution in [0.25, 0.3) is 10.9 Å². The molecule has 4 aromatic rings. The Morgan fingerprint density at radius 2 is 1.93 bits per heavy atom. The highest BCUT2D eigenvalue weighted by Gasteiger charge is 2.05. The van der Waals surface area contributed by atoms with Gasteiger partial charge in [0.25, 0.3) is 5.91 Å². The number of benzene rings is 3. The molecule has 144 valence electrons. The van der Waals surface area contributed by atoms with Gasteiger partial charge in [-0.25, -0.2) is 9.82 Å². The molecular weight excluding hydrogens is 433 g/mol. The highest BCUT2D eigenvalue weighted by atomic mass is 79.9. The first kappa shape index (κ1) is 19.1. The smallest absolute Gasteiger partial charge is 0.271 e. The third-order valence-corrected chi connectivity index (χ3v) is 5.00. The summed E-state index contributed by atoms with van der Waals surface area (Å²) in [6, 6.07) is 21.6. The van der Waals surface area contributed by atoms with Gasteiger partial charge in [-0.1, -0.05) is 40.2 Å². The van der Waals surface area contributed by atoms with Crippen LogP contribution >= 0.6 is 15.9 Å². The van der Waals surface area contributed by atoms with Gasteiger partial charge in [-0.2, -0.15) is 5.10 Å². The van der Waals surface area contributed by atoms with Crippen molar-refractivity contribution in [3.05, 3.63) is 106 Å². The Labute approximate surface area is 175 Å². The molecule has 0 unspecified atom stereocenters. The van der Waals surface area contributed by atoms with Gasteiger partial charge < -0.3 is 4.57 Å². The summed E-state index contributed by atoms with van der Waals surface area (Å²) in [5.41, 5.74) is 5.89. The minimum Gasteiger partial charge on any atom is -0.343 e. The number of nitrogens with zero attached hydrogens (tertiary/aromatic N) is 2. The number of carbonyl (C=O) groups excluding carboxylic acids is 1. The van der Waals surface area contributed by atoms with Crippen LogP contribution in [0.1, 0.15) is 21.5 Å². The summed E-state index contributed by atoms with van der Waals surface area (Å²) < 4.78 is 16.3. The lowest BCUT2D eigenvalue weighted by atomic mass is 10.1. The highest BCUT2D eigenvalue weighted by Crippen LogP contribution is 2.19. The lowest BCUT2D eigenvalue weighted by Crippen LogP contribution is -2.17. The van der Waals surface area contributed by atoms with Gasteiger partial charge in [0, 0.05) is 33.7 Å². The molecule has 0 fully saturated rings. The van der Waals surface area contributed by atoms with Crippen LogP contribution in [0.5, 0.6) is 0 Å². The molecule has 1 heterocycles. The fourth-order valence-corrected chi connectivity index (χ4v) is 3.53. The molecule has 1 aromatic heterocycles. The van der Waals surface area contributed by atoms with Gasteiger partial charge in [0.2, 0.25) is 0 Å². The Balaban J connectivity index is 1.47. The van der Waals surface area contributed by atoms with E-state index in [2.05, 4.69) is 31.0 Å². The third-order valence-electron chi connectivity index (χ3n) is 4.50. The van der Waals surface area contributed by atoms with E-state index in [0.29, 0.717) is 12.1 Å². The number of rotatable bonds is 5. The third kappa shape index (κ3) is 4.60. The van der Waals surface area contributed by atoms with Crippen LogP contribution in [0.4, 0.5) is 4.39 Å². The van der Waals surface area contributed by atoms with Gasteiger partial charge in [-0.05, 0) is 59.7 Å². The standard InChI is InChI=1S/C23H17BrFN3O/c24-20-5-2-4-19(13-20)23(29)27-26-14-16-7-8-22-18(11-16)9-10-28(22)15-17-3-1-6-21(25)12-17/h1-14H,15H2,(H,27,29)/b26-14+. The first-order valence-electron chi connectivity index (χ1n) is 9.01. The van der Waals surface area contributed by atoms with E-state index in [0.717, 1.165) is 26.5 Å². The number of aromatic nitrogens is 1. The number of halogens is 2. The molecule has 0 bridgehead atoms. The molecule has 0 saturated carbocycles. The van der Waals surface area contributed by atoms with Crippen LogP contribution in [-0.2, 0) is 6.54 Å². The minimum absolute atomic E-state index is 0.234. The quantitative estimate of drug-likeness (QED) is 0.323. The molecule has 0 radical (unpaired) electrons. The first-order chi connectivity index (χ1) is 14.1. The van der Waals surface area contributed by atoms with Gasteiger partial charge in [-0.3, -0.25) is 4.79 Å². The van der Waals surface area contributed by atoms with Crippen molar-refractivity contribution in [3.8, 4) is 0 Å². The molecule has 6 heteroatoms. The summed E-state index contributed by atoms with van der Waals surface area (Å²) in [5, 5.41) is 5.10. The lowest BCUT2D eigenvalue weighted by molar-refractivity contribution is 0.0955. The topological polar surface area (TPSA) is 46.4 Å². The summed E-state index contributed by atoms with van der Waals surface area (Å²) in [6.07, 6.45) is 3.59. The number of amides is 1. The molecule has 0 atom stereocenters. The minimum atomic E-state index is -0.273. The predicted molar refractivity (Wildman–Crippen MR) is 117 cm³/mol.